The van der Waals surface area contributed by atoms with Gasteiger partial charge in [-0.05, 0) is 62.2 Å². The Morgan fingerprint density at radius 2 is 2.15 bits per heavy atom. The van der Waals surface area contributed by atoms with E-state index in [2.05, 4.69) is 17.9 Å². The fourth-order valence-electron chi connectivity index (χ4n) is 7.42. The number of hydrogen-bond donors (Lipinski definition) is 1. The maximum atomic E-state index is 12.8. The number of para-hydroxylation sites is 1. The maximum Gasteiger partial charge on any atom is 0.224 e. The van der Waals surface area contributed by atoms with Crippen molar-refractivity contribution in [2.75, 3.05) is 25.1 Å². The summed E-state index contributed by atoms with van der Waals surface area (Å²) in [6, 6.07) is 6.38. The fraction of sp³-hybridized carbons (Fsp3) is 0.682. The number of anilines is 1. The summed E-state index contributed by atoms with van der Waals surface area (Å²) in [4.78, 5) is 17.3. The van der Waals surface area contributed by atoms with E-state index in [9.17, 15) is 9.90 Å². The van der Waals surface area contributed by atoms with E-state index in [1.54, 1.807) is 14.0 Å². The van der Waals surface area contributed by atoms with Crippen molar-refractivity contribution in [1.29, 1.82) is 0 Å². The van der Waals surface area contributed by atoms with Crippen molar-refractivity contribution >= 4 is 11.6 Å². The Kier molecular flexibility index (Phi) is 3.70. The highest BCUT2D eigenvalue weighted by molar-refractivity contribution is 5.98. The standard InChI is InChI=1S/C22H30N2O3/c1-4-21-9-6-11-23-12-10-22(20(21)23)15-7-5-8-17(27-3)18(15)24(14(2)25)19(22)16(26)13-21/h5,7-8,16,19-20,26H,4,6,9-13H2,1-3H3. The molecular weight excluding hydrogens is 340 g/mol. The number of benzene rings is 1. The van der Waals surface area contributed by atoms with Crippen LogP contribution in [-0.2, 0) is 10.2 Å². The number of carbonyl (C=O) groups is 1. The van der Waals surface area contributed by atoms with Crippen LogP contribution in [0.3, 0.4) is 0 Å². The van der Waals surface area contributed by atoms with Crippen LogP contribution in [0.1, 0.15) is 51.5 Å². The lowest BCUT2D eigenvalue weighted by atomic mass is 9.51. The Morgan fingerprint density at radius 3 is 2.85 bits per heavy atom. The van der Waals surface area contributed by atoms with Crippen LogP contribution in [0.25, 0.3) is 0 Å². The van der Waals surface area contributed by atoms with Gasteiger partial charge in [-0.3, -0.25) is 9.69 Å². The second kappa shape index (κ2) is 5.71. The van der Waals surface area contributed by atoms with E-state index in [1.807, 2.05) is 17.0 Å². The molecular formula is C22H30N2O3. The Hall–Kier alpha value is -1.59. The molecule has 5 rings (SSSR count). The quantitative estimate of drug-likeness (QED) is 0.870. The first-order chi connectivity index (χ1) is 13.0. The summed E-state index contributed by atoms with van der Waals surface area (Å²) in [6.45, 7) is 6.10. The normalized spacial score (nSPS) is 39.7. The second-order valence-electron chi connectivity index (χ2n) is 9.01. The number of carbonyl (C=O) groups excluding carboxylic acids is 1. The minimum Gasteiger partial charge on any atom is -0.495 e. The average Bonchev–Trinajstić information content (AvgIpc) is 3.20. The number of amides is 1. The van der Waals surface area contributed by atoms with Crippen LogP contribution in [0.5, 0.6) is 5.75 Å². The molecule has 1 saturated carbocycles. The molecule has 0 bridgehead atoms. The molecule has 1 amide bonds. The lowest BCUT2D eigenvalue weighted by molar-refractivity contribution is -0.121. The van der Waals surface area contributed by atoms with Gasteiger partial charge in [0.2, 0.25) is 5.91 Å². The van der Waals surface area contributed by atoms with Crippen LogP contribution in [-0.4, -0.2) is 54.3 Å². The van der Waals surface area contributed by atoms with Crippen molar-refractivity contribution in [2.45, 2.75) is 69.6 Å². The summed E-state index contributed by atoms with van der Waals surface area (Å²) >= 11 is 0. The highest BCUT2D eigenvalue weighted by atomic mass is 16.5. The highest BCUT2D eigenvalue weighted by Crippen LogP contribution is 2.66. The van der Waals surface area contributed by atoms with Crippen LogP contribution in [0.15, 0.2) is 18.2 Å². The second-order valence-corrected chi connectivity index (χ2v) is 9.01. The summed E-state index contributed by atoms with van der Waals surface area (Å²) in [7, 11) is 1.67. The molecule has 1 aliphatic carbocycles. The lowest BCUT2D eigenvalue weighted by Gasteiger charge is -2.60. The lowest BCUT2D eigenvalue weighted by Crippen LogP contribution is -2.69. The van der Waals surface area contributed by atoms with Gasteiger partial charge in [-0.1, -0.05) is 19.1 Å². The third-order valence-corrected chi connectivity index (χ3v) is 8.16. The zero-order chi connectivity index (χ0) is 19.0. The molecule has 1 aromatic carbocycles. The average molecular weight is 370 g/mol. The third-order valence-electron chi connectivity index (χ3n) is 8.16. The molecule has 3 heterocycles. The monoisotopic (exact) mass is 370 g/mol. The number of aliphatic hydroxyl groups excluding tert-OH is 1. The number of aliphatic hydroxyl groups is 1. The van der Waals surface area contributed by atoms with E-state index in [4.69, 9.17) is 4.74 Å². The molecule has 4 aliphatic rings. The van der Waals surface area contributed by atoms with Gasteiger partial charge in [0.05, 0.1) is 24.9 Å². The molecule has 2 saturated heterocycles. The Labute approximate surface area is 161 Å². The SMILES string of the molecule is CCC12CCCN3CCC4(c5cccc(OC)c5N(C(C)=O)C4C(O)C1)C32. The van der Waals surface area contributed by atoms with E-state index < -0.39 is 6.10 Å². The predicted octanol–water partition coefficient (Wildman–Crippen LogP) is 2.70. The first-order valence-electron chi connectivity index (χ1n) is 10.4. The van der Waals surface area contributed by atoms with Crippen LogP contribution in [0, 0.1) is 5.41 Å². The number of hydrogen-bond acceptors (Lipinski definition) is 4. The smallest absolute Gasteiger partial charge is 0.224 e. The van der Waals surface area contributed by atoms with Crippen molar-refractivity contribution in [3.05, 3.63) is 23.8 Å². The molecule has 5 unspecified atom stereocenters. The van der Waals surface area contributed by atoms with E-state index in [0.717, 1.165) is 43.8 Å². The van der Waals surface area contributed by atoms with Crippen molar-refractivity contribution < 1.29 is 14.6 Å². The first kappa shape index (κ1) is 17.5. The number of rotatable bonds is 2. The van der Waals surface area contributed by atoms with E-state index >= 15 is 0 Å². The molecule has 1 aromatic rings. The van der Waals surface area contributed by atoms with E-state index in [-0.39, 0.29) is 22.8 Å². The van der Waals surface area contributed by atoms with Crippen molar-refractivity contribution in [3.8, 4) is 5.75 Å². The van der Waals surface area contributed by atoms with Crippen molar-refractivity contribution in [2.24, 2.45) is 5.41 Å². The molecule has 0 radical (unpaired) electrons. The number of ether oxygens (including phenoxy) is 1. The van der Waals surface area contributed by atoms with E-state index in [0.29, 0.717) is 6.04 Å². The van der Waals surface area contributed by atoms with Gasteiger partial charge in [0.25, 0.3) is 0 Å². The largest absolute Gasteiger partial charge is 0.495 e. The summed E-state index contributed by atoms with van der Waals surface area (Å²) in [5.74, 6) is 0.745. The number of nitrogens with zero attached hydrogens (tertiary/aromatic N) is 2. The molecule has 1 N–H and O–H groups in total. The van der Waals surface area contributed by atoms with Crippen LogP contribution in [0.4, 0.5) is 5.69 Å². The Morgan fingerprint density at radius 1 is 1.33 bits per heavy atom. The minimum absolute atomic E-state index is 0.0000621. The molecule has 146 valence electrons. The maximum absolute atomic E-state index is 12.8. The molecule has 3 fully saturated rings. The summed E-state index contributed by atoms with van der Waals surface area (Å²) in [6.07, 6.45) is 4.76. The van der Waals surface area contributed by atoms with Crippen LogP contribution in [0.2, 0.25) is 0 Å². The van der Waals surface area contributed by atoms with Gasteiger partial charge in [0.15, 0.2) is 0 Å². The van der Waals surface area contributed by atoms with Crippen molar-refractivity contribution in [3.63, 3.8) is 0 Å². The minimum atomic E-state index is -0.500. The van der Waals surface area contributed by atoms with Gasteiger partial charge in [-0.2, -0.15) is 0 Å². The molecule has 5 atom stereocenters. The molecule has 0 aromatic heterocycles. The predicted molar refractivity (Wildman–Crippen MR) is 104 cm³/mol. The molecule has 5 heteroatoms. The van der Waals surface area contributed by atoms with Gasteiger partial charge < -0.3 is 14.7 Å². The van der Waals surface area contributed by atoms with Gasteiger partial charge in [0.1, 0.15) is 5.75 Å². The summed E-state index contributed by atoms with van der Waals surface area (Å²) < 4.78 is 5.68. The topological polar surface area (TPSA) is 53.0 Å². The zero-order valence-electron chi connectivity index (χ0n) is 16.6. The van der Waals surface area contributed by atoms with Crippen LogP contribution >= 0.6 is 0 Å². The van der Waals surface area contributed by atoms with E-state index in [1.165, 1.54) is 18.4 Å². The molecule has 1 spiro atoms. The summed E-state index contributed by atoms with van der Waals surface area (Å²) in [5, 5.41) is 11.4. The zero-order valence-corrected chi connectivity index (χ0v) is 16.6. The number of fused-ring (bicyclic) bond motifs is 1. The fourth-order valence-corrected chi connectivity index (χ4v) is 7.42. The molecule has 3 aliphatic heterocycles. The number of piperidine rings is 1. The van der Waals surface area contributed by atoms with Gasteiger partial charge in [0, 0.05) is 18.4 Å². The Balaban J connectivity index is 1.80. The Bertz CT molecular complexity index is 796. The van der Waals surface area contributed by atoms with Gasteiger partial charge in [-0.25, -0.2) is 0 Å². The van der Waals surface area contributed by atoms with Gasteiger partial charge >= 0.3 is 0 Å². The number of methoxy groups -OCH3 is 1. The summed E-state index contributed by atoms with van der Waals surface area (Å²) in [5.41, 5.74) is 2.06. The highest BCUT2D eigenvalue weighted by Gasteiger charge is 2.71. The molecule has 5 nitrogen and oxygen atoms in total. The van der Waals surface area contributed by atoms with Crippen molar-refractivity contribution in [1.82, 2.24) is 4.90 Å². The van der Waals surface area contributed by atoms with Crippen LogP contribution < -0.4 is 9.64 Å². The van der Waals surface area contributed by atoms with Gasteiger partial charge in [-0.15, -0.1) is 0 Å². The third kappa shape index (κ3) is 1.94. The molecule has 27 heavy (non-hydrogen) atoms. The first-order valence-corrected chi connectivity index (χ1v) is 10.4.